The molecule has 2 nitrogen and oxygen atoms in total. The monoisotopic (exact) mass is 207 g/mol. The molecule has 0 saturated heterocycles. The van der Waals surface area contributed by atoms with Crippen LogP contribution in [0.4, 0.5) is 0 Å². The van der Waals surface area contributed by atoms with Crippen LogP contribution in [0.2, 0.25) is 0 Å². The molecule has 1 aromatic rings. The molecule has 1 aromatic heterocycles. The first kappa shape index (κ1) is 12.2. The zero-order valence-corrected chi connectivity index (χ0v) is 9.69. The van der Waals surface area contributed by atoms with Gasteiger partial charge in [0.05, 0.1) is 6.10 Å². The van der Waals surface area contributed by atoms with E-state index >= 15 is 0 Å². The van der Waals surface area contributed by atoms with E-state index in [9.17, 15) is 5.11 Å². The molecule has 0 bridgehead atoms. The molecule has 2 atom stereocenters. The Hall–Kier alpha value is -0.890. The second kappa shape index (κ2) is 6.57. The summed E-state index contributed by atoms with van der Waals surface area (Å²) >= 11 is 0. The first-order chi connectivity index (χ1) is 7.22. The second-order valence-electron chi connectivity index (χ2n) is 4.35. The number of aliphatic hydroxyl groups excluding tert-OH is 1. The third-order valence-electron chi connectivity index (χ3n) is 2.65. The van der Waals surface area contributed by atoms with Crippen molar-refractivity contribution in [2.24, 2.45) is 5.92 Å². The van der Waals surface area contributed by atoms with Crippen LogP contribution in [-0.4, -0.2) is 16.2 Å². The third-order valence-corrected chi connectivity index (χ3v) is 2.65. The van der Waals surface area contributed by atoms with Crippen molar-refractivity contribution < 1.29 is 5.11 Å². The van der Waals surface area contributed by atoms with Gasteiger partial charge in [-0.2, -0.15) is 0 Å². The summed E-state index contributed by atoms with van der Waals surface area (Å²) in [5, 5.41) is 9.87. The van der Waals surface area contributed by atoms with Crippen LogP contribution in [0.3, 0.4) is 0 Å². The van der Waals surface area contributed by atoms with Crippen LogP contribution in [0, 0.1) is 5.92 Å². The molecule has 0 aliphatic rings. The van der Waals surface area contributed by atoms with Gasteiger partial charge in [0.2, 0.25) is 0 Å². The average molecular weight is 207 g/mol. The molecule has 0 aliphatic carbocycles. The molecular formula is C13H21NO. The van der Waals surface area contributed by atoms with Gasteiger partial charge in [0.1, 0.15) is 0 Å². The summed E-state index contributed by atoms with van der Waals surface area (Å²) in [4.78, 5) is 4.04. The predicted octanol–water partition coefficient (Wildman–Crippen LogP) is 2.81. The molecule has 0 amide bonds. The Morgan fingerprint density at radius 1 is 1.47 bits per heavy atom. The molecule has 0 radical (unpaired) electrons. The van der Waals surface area contributed by atoms with Gasteiger partial charge in [-0.1, -0.05) is 32.8 Å². The fourth-order valence-electron chi connectivity index (χ4n) is 1.95. The summed E-state index contributed by atoms with van der Waals surface area (Å²) in [6.45, 7) is 4.39. The molecule has 2 unspecified atom stereocenters. The number of rotatable bonds is 6. The van der Waals surface area contributed by atoms with Gasteiger partial charge < -0.3 is 5.11 Å². The average Bonchev–Trinajstić information content (AvgIpc) is 2.19. The smallest absolute Gasteiger partial charge is 0.0583 e. The quantitative estimate of drug-likeness (QED) is 0.778. The van der Waals surface area contributed by atoms with Crippen LogP contribution in [0.1, 0.15) is 38.7 Å². The molecule has 1 heterocycles. The highest BCUT2D eigenvalue weighted by atomic mass is 16.3. The lowest BCUT2D eigenvalue weighted by Gasteiger charge is -2.15. The molecule has 15 heavy (non-hydrogen) atoms. The molecule has 0 fully saturated rings. The van der Waals surface area contributed by atoms with Gasteiger partial charge in [-0.3, -0.25) is 4.98 Å². The maximum absolute atomic E-state index is 9.87. The summed E-state index contributed by atoms with van der Waals surface area (Å²) in [5.41, 5.74) is 1.12. The Morgan fingerprint density at radius 2 is 2.27 bits per heavy atom. The highest BCUT2D eigenvalue weighted by Crippen LogP contribution is 2.15. The van der Waals surface area contributed by atoms with Crippen molar-refractivity contribution in [2.75, 3.05) is 0 Å². The molecular weight excluding hydrogens is 186 g/mol. The summed E-state index contributed by atoms with van der Waals surface area (Å²) < 4.78 is 0. The van der Waals surface area contributed by atoms with Gasteiger partial charge in [0, 0.05) is 12.4 Å². The molecule has 0 aromatic carbocycles. The maximum Gasteiger partial charge on any atom is 0.0583 e. The van der Waals surface area contributed by atoms with Crippen molar-refractivity contribution >= 4 is 0 Å². The van der Waals surface area contributed by atoms with Crippen LogP contribution >= 0.6 is 0 Å². The number of hydrogen-bond donors (Lipinski definition) is 1. The minimum Gasteiger partial charge on any atom is -0.393 e. The molecule has 1 N–H and O–H groups in total. The Bertz CT molecular complexity index is 260. The van der Waals surface area contributed by atoms with Gasteiger partial charge in [0.25, 0.3) is 0 Å². The minimum absolute atomic E-state index is 0.226. The zero-order valence-electron chi connectivity index (χ0n) is 9.69. The first-order valence-corrected chi connectivity index (χ1v) is 5.79. The van der Waals surface area contributed by atoms with Crippen molar-refractivity contribution in [2.45, 2.75) is 45.6 Å². The first-order valence-electron chi connectivity index (χ1n) is 5.79. The highest BCUT2D eigenvalue weighted by molar-refractivity contribution is 5.09. The molecule has 0 saturated carbocycles. The number of pyridine rings is 1. The Morgan fingerprint density at radius 3 is 2.87 bits per heavy atom. The Labute approximate surface area is 92.4 Å². The third kappa shape index (κ3) is 4.93. The van der Waals surface area contributed by atoms with Crippen molar-refractivity contribution in [1.82, 2.24) is 4.98 Å². The highest BCUT2D eigenvalue weighted by Gasteiger charge is 2.10. The van der Waals surface area contributed by atoms with E-state index in [0.29, 0.717) is 5.92 Å². The van der Waals surface area contributed by atoms with E-state index < -0.39 is 0 Å². The van der Waals surface area contributed by atoms with Gasteiger partial charge >= 0.3 is 0 Å². The van der Waals surface area contributed by atoms with Gasteiger partial charge in [0.15, 0.2) is 0 Å². The fourth-order valence-corrected chi connectivity index (χ4v) is 1.95. The van der Waals surface area contributed by atoms with Gasteiger partial charge in [-0.25, -0.2) is 0 Å². The van der Waals surface area contributed by atoms with E-state index in [4.69, 9.17) is 0 Å². The number of hydrogen-bond acceptors (Lipinski definition) is 2. The van der Waals surface area contributed by atoms with Crippen molar-refractivity contribution in [3.05, 3.63) is 30.1 Å². The van der Waals surface area contributed by atoms with Crippen LogP contribution in [0.25, 0.3) is 0 Å². The van der Waals surface area contributed by atoms with E-state index in [0.717, 1.165) is 18.4 Å². The lowest BCUT2D eigenvalue weighted by Crippen LogP contribution is -2.14. The van der Waals surface area contributed by atoms with E-state index in [1.807, 2.05) is 18.3 Å². The maximum atomic E-state index is 9.87. The lowest BCUT2D eigenvalue weighted by molar-refractivity contribution is 0.143. The fraction of sp³-hybridized carbons (Fsp3) is 0.615. The van der Waals surface area contributed by atoms with Crippen LogP contribution in [0.5, 0.6) is 0 Å². The normalized spacial score (nSPS) is 14.9. The topological polar surface area (TPSA) is 33.1 Å². The van der Waals surface area contributed by atoms with Crippen LogP contribution in [0.15, 0.2) is 24.5 Å². The van der Waals surface area contributed by atoms with E-state index in [1.165, 1.54) is 12.8 Å². The molecule has 2 heteroatoms. The molecule has 1 rings (SSSR count). The Kier molecular flexibility index (Phi) is 5.33. The SMILES string of the molecule is CCCC(C)CC(O)Cc1cccnc1. The van der Waals surface area contributed by atoms with Crippen molar-refractivity contribution in [3.63, 3.8) is 0 Å². The molecule has 84 valence electrons. The standard InChI is InChI=1S/C13H21NO/c1-3-5-11(2)8-13(15)9-12-6-4-7-14-10-12/h4,6-7,10-11,13,15H,3,5,8-9H2,1-2H3. The molecule has 0 spiro atoms. The minimum atomic E-state index is -0.226. The van der Waals surface area contributed by atoms with E-state index in [-0.39, 0.29) is 6.10 Å². The number of aliphatic hydroxyl groups is 1. The second-order valence-corrected chi connectivity index (χ2v) is 4.35. The van der Waals surface area contributed by atoms with E-state index in [1.54, 1.807) is 6.20 Å². The lowest BCUT2D eigenvalue weighted by atomic mass is 9.96. The molecule has 0 aliphatic heterocycles. The summed E-state index contributed by atoms with van der Waals surface area (Å²) in [5.74, 6) is 0.613. The summed E-state index contributed by atoms with van der Waals surface area (Å²) in [7, 11) is 0. The van der Waals surface area contributed by atoms with Gasteiger partial charge in [-0.05, 0) is 30.4 Å². The van der Waals surface area contributed by atoms with Gasteiger partial charge in [-0.15, -0.1) is 0 Å². The predicted molar refractivity (Wildman–Crippen MR) is 62.6 cm³/mol. The summed E-state index contributed by atoms with van der Waals surface area (Å²) in [6.07, 6.45) is 7.37. The zero-order chi connectivity index (χ0) is 11.1. The summed E-state index contributed by atoms with van der Waals surface area (Å²) in [6, 6.07) is 3.93. The van der Waals surface area contributed by atoms with Crippen LogP contribution < -0.4 is 0 Å². The number of aromatic nitrogens is 1. The number of nitrogens with zero attached hydrogens (tertiary/aromatic N) is 1. The van der Waals surface area contributed by atoms with Crippen molar-refractivity contribution in [3.8, 4) is 0 Å². The van der Waals surface area contributed by atoms with Crippen molar-refractivity contribution in [1.29, 1.82) is 0 Å². The van der Waals surface area contributed by atoms with Crippen LogP contribution in [-0.2, 0) is 6.42 Å². The largest absolute Gasteiger partial charge is 0.393 e. The Balaban J connectivity index is 2.33. The van der Waals surface area contributed by atoms with E-state index in [2.05, 4.69) is 18.8 Å².